The van der Waals surface area contributed by atoms with Crippen LogP contribution in [0.1, 0.15) is 0 Å². The first-order chi connectivity index (χ1) is 20.4. The Morgan fingerprint density at radius 3 is 1.74 bits per heavy atom. The largest absolute Gasteiger partial charge is 0.493 e. The van der Waals surface area contributed by atoms with E-state index in [2.05, 4.69) is 56.2 Å². The second-order valence-corrected chi connectivity index (χ2v) is 9.84. The topological polar surface area (TPSA) is 109 Å². The second-order valence-electron chi connectivity index (χ2n) is 8.98. The Morgan fingerprint density at radius 2 is 1.14 bits per heavy atom. The summed E-state index contributed by atoms with van der Waals surface area (Å²) in [6, 6.07) is 27.1. The van der Waals surface area contributed by atoms with Crippen LogP contribution in [-0.2, 0) is 0 Å². The molecule has 10 heteroatoms. The van der Waals surface area contributed by atoms with Gasteiger partial charge in [0.2, 0.25) is 0 Å². The molecule has 2 aromatic heterocycles. The number of rotatable bonds is 6. The van der Waals surface area contributed by atoms with E-state index in [0.717, 1.165) is 27.1 Å². The van der Waals surface area contributed by atoms with Gasteiger partial charge < -0.3 is 39.0 Å². The van der Waals surface area contributed by atoms with Crippen molar-refractivity contribution in [2.75, 3.05) is 28.4 Å². The first-order valence-electron chi connectivity index (χ1n) is 13.0. The van der Waals surface area contributed by atoms with Crippen molar-refractivity contribution >= 4 is 50.3 Å². The van der Waals surface area contributed by atoms with Crippen LogP contribution in [0.5, 0.6) is 23.0 Å². The zero-order valence-corrected chi connectivity index (χ0v) is 25.3. The first-order valence-corrected chi connectivity index (χ1v) is 13.8. The number of benzene rings is 4. The molecule has 4 aromatic carbocycles. The van der Waals surface area contributed by atoms with Crippen LogP contribution < -0.4 is 24.4 Å². The minimum Gasteiger partial charge on any atom is -0.493 e. The van der Waals surface area contributed by atoms with Crippen LogP contribution in [0.3, 0.4) is 0 Å². The number of ether oxygens (including phenoxy) is 4. The predicted octanol–water partition coefficient (Wildman–Crippen LogP) is 6.17. The fraction of sp³-hybridized carbons (Fsp3) is 0.125. The monoisotopic (exact) mass is 630 g/mol. The summed E-state index contributed by atoms with van der Waals surface area (Å²) in [5.74, 6) is 2.53. The van der Waals surface area contributed by atoms with Crippen LogP contribution in [0.25, 0.3) is 32.9 Å². The smallest absolute Gasteiger partial charge is 0.488 e. The van der Waals surface area contributed by atoms with E-state index in [4.69, 9.17) is 29.0 Å². The Morgan fingerprint density at radius 1 is 0.595 bits per heavy atom. The third kappa shape index (κ3) is 7.09. The number of aromatic amines is 2. The number of hydrogen-bond donors (Lipinski definition) is 4. The summed E-state index contributed by atoms with van der Waals surface area (Å²) in [5, 5.41) is 20.2. The van der Waals surface area contributed by atoms with Crippen LogP contribution in [-0.4, -0.2) is 55.6 Å². The Hall–Kier alpha value is -4.38. The number of nitrogens with one attached hydrogen (secondary N) is 2. The summed E-state index contributed by atoms with van der Waals surface area (Å²) in [4.78, 5) is 6.36. The molecule has 0 bridgehead atoms. The molecule has 0 aliphatic carbocycles. The molecule has 0 radical (unpaired) electrons. The van der Waals surface area contributed by atoms with E-state index in [1.165, 1.54) is 42.1 Å². The van der Waals surface area contributed by atoms with Crippen molar-refractivity contribution < 1.29 is 29.0 Å². The maximum atomic E-state index is 8.87. The van der Waals surface area contributed by atoms with Gasteiger partial charge in [0.1, 0.15) is 0 Å². The lowest BCUT2D eigenvalue weighted by Gasteiger charge is -2.10. The van der Waals surface area contributed by atoms with Gasteiger partial charge >= 0.3 is 7.12 Å². The molecule has 0 amide bonds. The minimum absolute atomic E-state index is 0.373. The van der Waals surface area contributed by atoms with Gasteiger partial charge in [0.05, 0.1) is 28.4 Å². The van der Waals surface area contributed by atoms with Gasteiger partial charge in [-0.25, -0.2) is 0 Å². The highest BCUT2D eigenvalue weighted by atomic mass is 79.9. The number of methoxy groups -OCH3 is 4. The molecule has 0 aliphatic heterocycles. The molecule has 0 unspecified atom stereocenters. The summed E-state index contributed by atoms with van der Waals surface area (Å²) >= 11 is 3.46. The molecule has 2 heterocycles. The van der Waals surface area contributed by atoms with E-state index in [9.17, 15) is 0 Å². The Bertz CT molecular complexity index is 1750. The Labute approximate surface area is 253 Å². The summed E-state index contributed by atoms with van der Waals surface area (Å²) in [7, 11) is 4.82. The van der Waals surface area contributed by atoms with Crippen molar-refractivity contribution in [2.45, 2.75) is 0 Å². The lowest BCUT2D eigenvalue weighted by molar-refractivity contribution is 0.355. The molecule has 0 fully saturated rings. The molecule has 4 N–H and O–H groups in total. The fourth-order valence-electron chi connectivity index (χ4n) is 4.40. The third-order valence-corrected chi connectivity index (χ3v) is 7.23. The van der Waals surface area contributed by atoms with Gasteiger partial charge in [-0.3, -0.25) is 0 Å². The number of hydrogen-bond acceptors (Lipinski definition) is 6. The molecular weight excluding hydrogens is 599 g/mol. The average molecular weight is 631 g/mol. The fourth-order valence-corrected chi connectivity index (χ4v) is 4.90. The molecule has 0 aliphatic rings. The molecule has 0 spiro atoms. The highest BCUT2D eigenvalue weighted by Crippen LogP contribution is 2.35. The molecule has 6 aromatic rings. The lowest BCUT2D eigenvalue weighted by Crippen LogP contribution is -2.29. The molecule has 216 valence electrons. The van der Waals surface area contributed by atoms with Crippen molar-refractivity contribution in [3.8, 4) is 34.1 Å². The van der Waals surface area contributed by atoms with Crippen LogP contribution in [0.4, 0.5) is 0 Å². The maximum Gasteiger partial charge on any atom is 0.488 e. The van der Waals surface area contributed by atoms with Crippen molar-refractivity contribution in [3.63, 3.8) is 0 Å². The van der Waals surface area contributed by atoms with Gasteiger partial charge in [-0.05, 0) is 71.2 Å². The van der Waals surface area contributed by atoms with E-state index in [1.807, 2.05) is 48.8 Å². The highest BCUT2D eigenvalue weighted by molar-refractivity contribution is 9.10. The van der Waals surface area contributed by atoms with Gasteiger partial charge in [-0.15, -0.1) is 0 Å². The van der Waals surface area contributed by atoms with Crippen molar-refractivity contribution in [3.05, 3.63) is 102 Å². The van der Waals surface area contributed by atoms with Crippen molar-refractivity contribution in [2.24, 2.45) is 0 Å². The van der Waals surface area contributed by atoms with E-state index >= 15 is 0 Å². The Kier molecular flexibility index (Phi) is 10.6. The van der Waals surface area contributed by atoms with E-state index in [0.29, 0.717) is 17.0 Å². The normalized spacial score (nSPS) is 10.3. The molecule has 6 rings (SSSR count). The Balaban J connectivity index is 0.000000153. The number of aromatic nitrogens is 2. The van der Waals surface area contributed by atoms with Crippen LogP contribution >= 0.6 is 15.9 Å². The molecule has 0 saturated carbocycles. The zero-order chi connectivity index (χ0) is 30.1. The SMILES string of the molecule is Brc1cccc2[nH]ccc12.COc1ccc(-c2cccc3[nH]ccc23)cc1OC.COc1ccc(B(O)O)cc1OC. The standard InChI is InChI=1S/C16H15NO2.C8H11BO4.C8H6BrN/c1-18-15-7-6-11(10-16(15)19-2)12-4-3-5-14-13(12)8-9-17-14;1-12-7-4-3-6(9(10)11)5-8(7)13-2;9-7-2-1-3-8-6(7)4-5-10-8/h3-10,17H,1-2H3;3-5,10-11H,1-2H3;1-5,10H. The summed E-state index contributed by atoms with van der Waals surface area (Å²) in [6.07, 6.45) is 3.89. The number of halogens is 1. The number of fused-ring (bicyclic) bond motifs is 2. The minimum atomic E-state index is -1.49. The molecule has 8 nitrogen and oxygen atoms in total. The van der Waals surface area contributed by atoms with Crippen molar-refractivity contribution in [1.82, 2.24) is 9.97 Å². The zero-order valence-electron chi connectivity index (χ0n) is 23.7. The van der Waals surface area contributed by atoms with Gasteiger partial charge in [-0.2, -0.15) is 0 Å². The van der Waals surface area contributed by atoms with E-state index in [1.54, 1.807) is 26.4 Å². The van der Waals surface area contributed by atoms with Crippen LogP contribution in [0.15, 0.2) is 102 Å². The maximum absolute atomic E-state index is 8.87. The number of H-pyrrole nitrogens is 2. The second kappa shape index (κ2) is 14.5. The summed E-state index contributed by atoms with van der Waals surface area (Å²) in [5.41, 5.74) is 4.97. The highest BCUT2D eigenvalue weighted by Gasteiger charge is 2.14. The molecular formula is C32H32BBrN2O6. The van der Waals surface area contributed by atoms with Crippen molar-refractivity contribution in [1.29, 1.82) is 0 Å². The third-order valence-electron chi connectivity index (χ3n) is 6.54. The lowest BCUT2D eigenvalue weighted by atomic mass is 9.80. The van der Waals surface area contributed by atoms with Gasteiger partial charge in [0.25, 0.3) is 0 Å². The first kappa shape index (κ1) is 30.6. The summed E-state index contributed by atoms with van der Waals surface area (Å²) < 4.78 is 21.7. The van der Waals surface area contributed by atoms with Gasteiger partial charge in [0, 0.05) is 38.7 Å². The molecule has 0 saturated heterocycles. The average Bonchev–Trinajstić information content (AvgIpc) is 3.71. The van der Waals surface area contributed by atoms with Gasteiger partial charge in [0.15, 0.2) is 23.0 Å². The quantitative estimate of drug-likeness (QED) is 0.164. The van der Waals surface area contributed by atoms with Crippen LogP contribution in [0.2, 0.25) is 0 Å². The van der Waals surface area contributed by atoms with Gasteiger partial charge in [-0.1, -0.05) is 46.3 Å². The van der Waals surface area contributed by atoms with E-state index < -0.39 is 7.12 Å². The summed E-state index contributed by atoms with van der Waals surface area (Å²) in [6.45, 7) is 0. The van der Waals surface area contributed by atoms with Crippen LogP contribution in [0, 0.1) is 0 Å². The van der Waals surface area contributed by atoms with E-state index in [-0.39, 0.29) is 0 Å². The molecule has 42 heavy (non-hydrogen) atoms. The molecule has 0 atom stereocenters. The predicted molar refractivity (Wildman–Crippen MR) is 172 cm³/mol.